The molecular weight excluding hydrogens is 531 g/mol. The van der Waals surface area contributed by atoms with Crippen LogP contribution in [0.4, 0.5) is 18.9 Å². The molecule has 0 aliphatic rings. The summed E-state index contributed by atoms with van der Waals surface area (Å²) < 4.78 is 66.1. The van der Waals surface area contributed by atoms with Crippen LogP contribution < -0.4 is 9.62 Å². The Kier molecular flexibility index (Phi) is 10.0. The SMILES string of the molecule is CC[C@@H](C(=O)NC(C)C)N(Cc1cccc(C)c1)C(=O)CN(c1ccc(Cl)c(C(F)(F)F)c1)S(C)(=O)=O. The second-order valence-electron chi connectivity index (χ2n) is 9.03. The molecule has 0 aromatic heterocycles. The van der Waals surface area contributed by atoms with Crippen LogP contribution in [0.5, 0.6) is 0 Å². The zero-order valence-corrected chi connectivity index (χ0v) is 22.8. The number of alkyl halides is 3. The topological polar surface area (TPSA) is 86.8 Å². The minimum Gasteiger partial charge on any atom is -0.352 e. The average Bonchev–Trinajstić information content (AvgIpc) is 2.75. The fraction of sp³-hybridized carbons (Fsp3) is 0.440. The van der Waals surface area contributed by atoms with Crippen molar-refractivity contribution in [2.45, 2.75) is 58.9 Å². The first-order valence-corrected chi connectivity index (χ1v) is 13.8. The molecule has 1 atom stereocenters. The third kappa shape index (κ3) is 8.36. The summed E-state index contributed by atoms with van der Waals surface area (Å²) >= 11 is 5.69. The summed E-state index contributed by atoms with van der Waals surface area (Å²) in [5, 5.41) is 2.16. The number of rotatable bonds is 10. The molecule has 0 unspecified atom stereocenters. The van der Waals surface area contributed by atoms with E-state index >= 15 is 0 Å². The van der Waals surface area contributed by atoms with E-state index in [9.17, 15) is 31.2 Å². The molecule has 37 heavy (non-hydrogen) atoms. The van der Waals surface area contributed by atoms with E-state index in [0.717, 1.165) is 24.0 Å². The van der Waals surface area contributed by atoms with Gasteiger partial charge in [0.1, 0.15) is 12.6 Å². The van der Waals surface area contributed by atoms with Gasteiger partial charge in [0, 0.05) is 12.6 Å². The van der Waals surface area contributed by atoms with E-state index in [2.05, 4.69) is 5.32 Å². The largest absolute Gasteiger partial charge is 0.417 e. The van der Waals surface area contributed by atoms with Crippen molar-refractivity contribution in [1.82, 2.24) is 10.2 Å². The van der Waals surface area contributed by atoms with Gasteiger partial charge in [-0.25, -0.2) is 8.42 Å². The van der Waals surface area contributed by atoms with Crippen molar-refractivity contribution in [3.8, 4) is 0 Å². The van der Waals surface area contributed by atoms with E-state index in [1.54, 1.807) is 32.9 Å². The molecule has 204 valence electrons. The molecule has 2 amide bonds. The standard InChI is InChI=1S/C25H31ClF3N3O4S/c1-6-22(24(34)30-16(2)3)31(14-18-9-7-8-17(4)12-18)23(33)15-32(37(5,35)36)19-10-11-21(26)20(13-19)25(27,28)29/h7-13,16,22H,6,14-15H2,1-5H3,(H,30,34)/t22-/m0/s1. The number of carbonyl (C=O) groups is 2. The number of hydrogen-bond acceptors (Lipinski definition) is 4. The van der Waals surface area contributed by atoms with Gasteiger partial charge in [0.25, 0.3) is 0 Å². The van der Waals surface area contributed by atoms with E-state index in [0.29, 0.717) is 15.9 Å². The van der Waals surface area contributed by atoms with Crippen molar-refractivity contribution in [3.63, 3.8) is 0 Å². The van der Waals surface area contributed by atoms with Gasteiger partial charge in [-0.05, 0) is 51.0 Å². The molecule has 0 aliphatic carbocycles. The van der Waals surface area contributed by atoms with Gasteiger partial charge >= 0.3 is 6.18 Å². The number of halogens is 4. The first-order valence-electron chi connectivity index (χ1n) is 11.5. The first kappa shape index (κ1) is 30.4. The monoisotopic (exact) mass is 561 g/mol. The number of nitrogens with zero attached hydrogens (tertiary/aromatic N) is 2. The third-order valence-electron chi connectivity index (χ3n) is 5.47. The number of sulfonamides is 1. The molecule has 0 radical (unpaired) electrons. The molecule has 0 spiro atoms. The highest BCUT2D eigenvalue weighted by molar-refractivity contribution is 7.92. The van der Waals surface area contributed by atoms with Gasteiger partial charge in [-0.3, -0.25) is 13.9 Å². The minimum absolute atomic E-state index is 0.00342. The summed E-state index contributed by atoms with van der Waals surface area (Å²) in [5.74, 6) is -1.17. The molecule has 2 aromatic carbocycles. The van der Waals surface area contributed by atoms with Gasteiger partial charge in [0.05, 0.1) is 22.5 Å². The summed E-state index contributed by atoms with van der Waals surface area (Å²) in [5.41, 5.74) is 0.0268. The highest BCUT2D eigenvalue weighted by Gasteiger charge is 2.36. The number of carbonyl (C=O) groups excluding carboxylic acids is 2. The van der Waals surface area contributed by atoms with Crippen LogP contribution in [0.15, 0.2) is 42.5 Å². The molecule has 0 aliphatic heterocycles. The lowest BCUT2D eigenvalue weighted by Gasteiger charge is -2.33. The van der Waals surface area contributed by atoms with Gasteiger partial charge in [0.2, 0.25) is 21.8 Å². The average molecular weight is 562 g/mol. The number of nitrogens with one attached hydrogen (secondary N) is 1. The molecule has 0 heterocycles. The predicted octanol–water partition coefficient (Wildman–Crippen LogP) is 4.77. The minimum atomic E-state index is -4.83. The number of anilines is 1. The second kappa shape index (κ2) is 12.2. The maximum absolute atomic E-state index is 13.6. The van der Waals surface area contributed by atoms with Crippen molar-refractivity contribution >= 4 is 39.1 Å². The molecule has 0 bridgehead atoms. The summed E-state index contributed by atoms with van der Waals surface area (Å²) in [7, 11) is -4.20. The Morgan fingerprint density at radius 1 is 1.11 bits per heavy atom. The molecular formula is C25H31ClF3N3O4S. The fourth-order valence-electron chi connectivity index (χ4n) is 3.81. The van der Waals surface area contributed by atoms with Crippen molar-refractivity contribution in [1.29, 1.82) is 0 Å². The fourth-order valence-corrected chi connectivity index (χ4v) is 4.87. The lowest BCUT2D eigenvalue weighted by molar-refractivity contribution is -0.140. The van der Waals surface area contributed by atoms with Crippen LogP contribution in [0.2, 0.25) is 5.02 Å². The summed E-state index contributed by atoms with van der Waals surface area (Å²) in [4.78, 5) is 27.8. The van der Waals surface area contributed by atoms with E-state index < -0.39 is 51.2 Å². The summed E-state index contributed by atoms with van der Waals surface area (Å²) in [6.07, 6.45) is -3.82. The smallest absolute Gasteiger partial charge is 0.352 e. The zero-order valence-electron chi connectivity index (χ0n) is 21.3. The van der Waals surface area contributed by atoms with Crippen molar-refractivity contribution < 1.29 is 31.2 Å². The molecule has 1 N–H and O–H groups in total. The van der Waals surface area contributed by atoms with Crippen LogP contribution in [0.3, 0.4) is 0 Å². The number of hydrogen-bond donors (Lipinski definition) is 1. The quantitative estimate of drug-likeness (QED) is 0.453. The highest BCUT2D eigenvalue weighted by Crippen LogP contribution is 2.37. The normalized spacial score (nSPS) is 12.8. The lowest BCUT2D eigenvalue weighted by Crippen LogP contribution is -2.53. The maximum Gasteiger partial charge on any atom is 0.417 e. The predicted molar refractivity (Wildman–Crippen MR) is 138 cm³/mol. The number of amides is 2. The van der Waals surface area contributed by atoms with Crippen LogP contribution in [-0.4, -0.2) is 50.0 Å². The number of aryl methyl sites for hydroxylation is 1. The Morgan fingerprint density at radius 2 is 1.76 bits per heavy atom. The first-order chi connectivity index (χ1) is 17.0. The lowest BCUT2D eigenvalue weighted by atomic mass is 10.1. The van der Waals surface area contributed by atoms with E-state index in [1.165, 1.54) is 4.90 Å². The van der Waals surface area contributed by atoms with Crippen LogP contribution in [0, 0.1) is 6.92 Å². The van der Waals surface area contributed by atoms with Gasteiger partial charge in [-0.1, -0.05) is 48.4 Å². The molecule has 2 rings (SSSR count). The zero-order chi connectivity index (χ0) is 28.1. The van der Waals surface area contributed by atoms with Crippen LogP contribution >= 0.6 is 11.6 Å². The van der Waals surface area contributed by atoms with Crippen molar-refractivity contribution in [2.75, 3.05) is 17.1 Å². The van der Waals surface area contributed by atoms with Gasteiger partial charge in [-0.15, -0.1) is 0 Å². The van der Waals surface area contributed by atoms with Crippen LogP contribution in [0.1, 0.15) is 43.9 Å². The van der Waals surface area contributed by atoms with Crippen molar-refractivity contribution in [2.24, 2.45) is 0 Å². The van der Waals surface area contributed by atoms with E-state index in [1.807, 2.05) is 19.1 Å². The van der Waals surface area contributed by atoms with Crippen LogP contribution in [0.25, 0.3) is 0 Å². The summed E-state index contributed by atoms with van der Waals surface area (Å²) in [6.45, 7) is 6.29. The highest BCUT2D eigenvalue weighted by atomic mass is 35.5. The Balaban J connectivity index is 2.53. The van der Waals surface area contributed by atoms with Gasteiger partial charge in [-0.2, -0.15) is 13.2 Å². The third-order valence-corrected chi connectivity index (χ3v) is 6.94. The van der Waals surface area contributed by atoms with E-state index in [4.69, 9.17) is 11.6 Å². The summed E-state index contributed by atoms with van der Waals surface area (Å²) in [6, 6.07) is 8.72. The molecule has 7 nitrogen and oxygen atoms in total. The Bertz CT molecular complexity index is 1240. The van der Waals surface area contributed by atoms with Gasteiger partial charge < -0.3 is 10.2 Å². The Morgan fingerprint density at radius 3 is 2.27 bits per heavy atom. The Labute approximate surface area is 220 Å². The van der Waals surface area contributed by atoms with E-state index in [-0.39, 0.29) is 24.7 Å². The second-order valence-corrected chi connectivity index (χ2v) is 11.3. The maximum atomic E-state index is 13.6. The molecule has 0 fully saturated rings. The molecule has 12 heteroatoms. The van der Waals surface area contributed by atoms with Crippen LogP contribution in [-0.2, 0) is 32.3 Å². The van der Waals surface area contributed by atoms with Crippen molar-refractivity contribution in [3.05, 3.63) is 64.2 Å². The van der Waals surface area contributed by atoms with Gasteiger partial charge in [0.15, 0.2) is 0 Å². The number of benzene rings is 2. The Hall–Kier alpha value is -2.79. The molecule has 0 saturated carbocycles. The molecule has 0 saturated heterocycles. The molecule has 2 aromatic rings.